The van der Waals surface area contributed by atoms with Gasteiger partial charge in [0.15, 0.2) is 0 Å². The fraction of sp³-hybridized carbons (Fsp3) is 0.300. The molecule has 2 heterocycles. The van der Waals surface area contributed by atoms with E-state index < -0.39 is 0 Å². The van der Waals surface area contributed by atoms with Crippen LogP contribution in [0.3, 0.4) is 0 Å². The van der Waals surface area contributed by atoms with Crippen molar-refractivity contribution in [2.45, 2.75) is 20.0 Å². The molecule has 2 rings (SSSR count). The fourth-order valence-corrected chi connectivity index (χ4v) is 1.32. The monoisotopic (exact) mass is 191 g/mol. The number of rotatable bonds is 4. The van der Waals surface area contributed by atoms with Gasteiger partial charge in [-0.05, 0) is 13.0 Å². The van der Waals surface area contributed by atoms with Crippen molar-refractivity contribution < 1.29 is 4.42 Å². The summed E-state index contributed by atoms with van der Waals surface area (Å²) in [5.41, 5.74) is 1.13. The van der Waals surface area contributed by atoms with Gasteiger partial charge >= 0.3 is 0 Å². The van der Waals surface area contributed by atoms with Crippen molar-refractivity contribution in [2.24, 2.45) is 0 Å². The molecule has 0 aromatic carbocycles. The summed E-state index contributed by atoms with van der Waals surface area (Å²) < 4.78 is 6.90. The topological polar surface area (TPSA) is 43.0 Å². The quantitative estimate of drug-likeness (QED) is 0.804. The molecule has 14 heavy (non-hydrogen) atoms. The number of anilines is 1. The molecule has 0 saturated heterocycles. The Kier molecular flexibility index (Phi) is 2.53. The van der Waals surface area contributed by atoms with Crippen LogP contribution >= 0.6 is 0 Å². The first-order valence-corrected chi connectivity index (χ1v) is 4.67. The van der Waals surface area contributed by atoms with E-state index in [1.165, 1.54) is 0 Å². The van der Waals surface area contributed by atoms with Gasteiger partial charge in [-0.2, -0.15) is 5.10 Å². The van der Waals surface area contributed by atoms with Crippen molar-refractivity contribution in [1.29, 1.82) is 0 Å². The predicted octanol–water partition coefficient (Wildman–Crippen LogP) is 2.11. The Labute approximate surface area is 82.5 Å². The highest BCUT2D eigenvalue weighted by molar-refractivity contribution is 5.34. The lowest BCUT2D eigenvalue weighted by Gasteiger charge is -2.06. The minimum absolute atomic E-state index is 0.766. The summed E-state index contributed by atoms with van der Waals surface area (Å²) in [4.78, 5) is 0. The maximum atomic E-state index is 4.98. The molecule has 0 aliphatic heterocycles. The Balaban J connectivity index is 1.98. The van der Waals surface area contributed by atoms with E-state index >= 15 is 0 Å². The van der Waals surface area contributed by atoms with E-state index in [2.05, 4.69) is 17.3 Å². The van der Waals surface area contributed by atoms with E-state index in [0.29, 0.717) is 0 Å². The zero-order valence-corrected chi connectivity index (χ0v) is 8.10. The second-order valence-corrected chi connectivity index (χ2v) is 3.02. The minimum atomic E-state index is 0.766. The SMILES string of the molecule is CCn1nccc1NCc1ccoc1. The average molecular weight is 191 g/mol. The molecule has 0 unspecified atom stereocenters. The number of aryl methyl sites for hydroxylation is 1. The van der Waals surface area contributed by atoms with Crippen molar-refractivity contribution in [2.75, 3.05) is 5.32 Å². The molecular weight excluding hydrogens is 178 g/mol. The van der Waals surface area contributed by atoms with Gasteiger partial charge in [0.2, 0.25) is 0 Å². The van der Waals surface area contributed by atoms with Crippen molar-refractivity contribution in [1.82, 2.24) is 9.78 Å². The van der Waals surface area contributed by atoms with Gasteiger partial charge in [0.05, 0.1) is 18.7 Å². The largest absolute Gasteiger partial charge is 0.472 e. The first-order valence-electron chi connectivity index (χ1n) is 4.67. The van der Waals surface area contributed by atoms with E-state index in [1.54, 1.807) is 18.7 Å². The molecule has 0 fully saturated rings. The maximum absolute atomic E-state index is 4.98. The zero-order chi connectivity index (χ0) is 9.80. The van der Waals surface area contributed by atoms with Gasteiger partial charge in [-0.25, -0.2) is 0 Å². The van der Waals surface area contributed by atoms with Crippen molar-refractivity contribution in [3.8, 4) is 0 Å². The third-order valence-electron chi connectivity index (χ3n) is 2.07. The number of nitrogens with one attached hydrogen (secondary N) is 1. The van der Waals surface area contributed by atoms with Gasteiger partial charge in [0.25, 0.3) is 0 Å². The smallest absolute Gasteiger partial charge is 0.124 e. The summed E-state index contributed by atoms with van der Waals surface area (Å²) in [6.45, 7) is 3.71. The third-order valence-corrected chi connectivity index (χ3v) is 2.07. The van der Waals surface area contributed by atoms with Crippen LogP contribution < -0.4 is 5.32 Å². The van der Waals surface area contributed by atoms with E-state index in [1.807, 2.05) is 16.8 Å². The van der Waals surface area contributed by atoms with Gasteiger partial charge < -0.3 is 9.73 Å². The highest BCUT2D eigenvalue weighted by Crippen LogP contribution is 2.08. The summed E-state index contributed by atoms with van der Waals surface area (Å²) in [5, 5.41) is 7.45. The van der Waals surface area contributed by atoms with Gasteiger partial charge in [0.1, 0.15) is 5.82 Å². The van der Waals surface area contributed by atoms with Crippen LogP contribution in [0.5, 0.6) is 0 Å². The molecule has 0 saturated carbocycles. The highest BCUT2D eigenvalue weighted by Gasteiger charge is 1.99. The van der Waals surface area contributed by atoms with Crippen LogP contribution in [0, 0.1) is 0 Å². The molecule has 1 N–H and O–H groups in total. The Morgan fingerprint density at radius 3 is 3.14 bits per heavy atom. The second-order valence-electron chi connectivity index (χ2n) is 3.02. The van der Waals surface area contributed by atoms with Crippen molar-refractivity contribution in [3.05, 3.63) is 36.4 Å². The molecule has 0 spiro atoms. The molecule has 0 bridgehead atoms. The summed E-state index contributed by atoms with van der Waals surface area (Å²) in [6.07, 6.45) is 5.20. The summed E-state index contributed by atoms with van der Waals surface area (Å²) in [5.74, 6) is 1.04. The molecule has 0 aliphatic rings. The van der Waals surface area contributed by atoms with E-state index in [0.717, 1.165) is 24.5 Å². The molecule has 4 heteroatoms. The highest BCUT2D eigenvalue weighted by atomic mass is 16.3. The van der Waals surface area contributed by atoms with Crippen LogP contribution in [0.25, 0.3) is 0 Å². The van der Waals surface area contributed by atoms with Crippen LogP contribution in [0.4, 0.5) is 5.82 Å². The molecule has 2 aromatic rings. The molecule has 74 valence electrons. The molecule has 2 aromatic heterocycles. The minimum Gasteiger partial charge on any atom is -0.472 e. The average Bonchev–Trinajstić information content (AvgIpc) is 2.85. The van der Waals surface area contributed by atoms with Crippen molar-refractivity contribution in [3.63, 3.8) is 0 Å². The lowest BCUT2D eigenvalue weighted by Crippen LogP contribution is -2.06. The second kappa shape index (κ2) is 4.00. The van der Waals surface area contributed by atoms with Gasteiger partial charge in [-0.3, -0.25) is 4.68 Å². The fourth-order valence-electron chi connectivity index (χ4n) is 1.32. The Morgan fingerprint density at radius 2 is 2.43 bits per heavy atom. The summed E-state index contributed by atoms with van der Waals surface area (Å²) in [6, 6.07) is 3.91. The van der Waals surface area contributed by atoms with Crippen LogP contribution in [0.1, 0.15) is 12.5 Å². The molecule has 0 radical (unpaired) electrons. The van der Waals surface area contributed by atoms with Gasteiger partial charge in [0, 0.05) is 24.7 Å². The van der Waals surface area contributed by atoms with E-state index in [4.69, 9.17) is 4.42 Å². The Hall–Kier alpha value is -1.71. The van der Waals surface area contributed by atoms with E-state index in [9.17, 15) is 0 Å². The van der Waals surface area contributed by atoms with Crippen LogP contribution in [-0.2, 0) is 13.1 Å². The zero-order valence-electron chi connectivity index (χ0n) is 8.10. The first kappa shape index (κ1) is 8.87. The van der Waals surface area contributed by atoms with Crippen molar-refractivity contribution >= 4 is 5.82 Å². The predicted molar refractivity (Wildman–Crippen MR) is 53.9 cm³/mol. The van der Waals surface area contributed by atoms with Gasteiger partial charge in [-0.15, -0.1) is 0 Å². The molecule has 0 atom stereocenters. The van der Waals surface area contributed by atoms with Crippen LogP contribution in [0.2, 0.25) is 0 Å². The normalized spacial score (nSPS) is 10.4. The molecule has 4 nitrogen and oxygen atoms in total. The van der Waals surface area contributed by atoms with Gasteiger partial charge in [-0.1, -0.05) is 0 Å². The molecule has 0 aliphatic carbocycles. The molecule has 0 amide bonds. The molecular formula is C10H13N3O. The first-order chi connectivity index (χ1) is 6.90. The third kappa shape index (κ3) is 1.79. The summed E-state index contributed by atoms with van der Waals surface area (Å²) >= 11 is 0. The lowest BCUT2D eigenvalue weighted by atomic mass is 10.3. The standard InChI is InChI=1S/C10H13N3O/c1-2-13-10(3-5-12-13)11-7-9-4-6-14-8-9/h3-6,8,11H,2,7H2,1H3. The number of hydrogen-bond donors (Lipinski definition) is 1. The number of aromatic nitrogens is 2. The Morgan fingerprint density at radius 1 is 1.50 bits per heavy atom. The van der Waals surface area contributed by atoms with Crippen LogP contribution in [0.15, 0.2) is 35.3 Å². The lowest BCUT2D eigenvalue weighted by molar-refractivity contribution is 0.564. The number of nitrogens with zero attached hydrogens (tertiary/aromatic N) is 2. The van der Waals surface area contributed by atoms with Crippen LogP contribution in [-0.4, -0.2) is 9.78 Å². The maximum Gasteiger partial charge on any atom is 0.124 e. The van der Waals surface area contributed by atoms with E-state index in [-0.39, 0.29) is 0 Å². The number of furan rings is 1. The number of hydrogen-bond acceptors (Lipinski definition) is 3. The summed E-state index contributed by atoms with van der Waals surface area (Å²) in [7, 11) is 0. The Bertz CT molecular complexity index is 378.